The second-order valence-corrected chi connectivity index (χ2v) is 5.20. The minimum Gasteiger partial charge on any atom is -0.434 e. The van der Waals surface area contributed by atoms with Gasteiger partial charge in [-0.1, -0.05) is 22.9 Å². The van der Waals surface area contributed by atoms with Gasteiger partial charge in [0.05, 0.1) is 0 Å². The zero-order valence-corrected chi connectivity index (χ0v) is 12.8. The molecule has 1 aromatic heterocycles. The van der Waals surface area contributed by atoms with Crippen LogP contribution < -0.4 is 16.0 Å². The van der Waals surface area contributed by atoms with Crippen LogP contribution >= 0.6 is 15.9 Å². The van der Waals surface area contributed by atoms with E-state index in [-0.39, 0.29) is 11.4 Å². The number of aryl methyl sites for hydroxylation is 1. The Morgan fingerprint density at radius 3 is 2.95 bits per heavy atom. The van der Waals surface area contributed by atoms with Gasteiger partial charge in [0.15, 0.2) is 0 Å². The molecule has 0 aliphatic heterocycles. The van der Waals surface area contributed by atoms with Gasteiger partial charge in [0.2, 0.25) is 0 Å². The van der Waals surface area contributed by atoms with Crippen molar-refractivity contribution in [3.05, 3.63) is 51.0 Å². The molecule has 1 aromatic carbocycles. The lowest BCUT2D eigenvalue weighted by atomic mass is 10.2. The first-order valence-electron chi connectivity index (χ1n) is 6.37. The first-order valence-corrected chi connectivity index (χ1v) is 7.16. The molecule has 0 unspecified atom stereocenters. The van der Waals surface area contributed by atoms with Gasteiger partial charge in [0.25, 0.3) is 5.88 Å². The highest BCUT2D eigenvalue weighted by Crippen LogP contribution is 2.25. The molecule has 0 amide bonds. The number of rotatable bonds is 5. The topological polar surface area (TPSA) is 70.1 Å². The maximum atomic E-state index is 12.2. The number of ether oxygens (including phenoxy) is 1. The lowest BCUT2D eigenvalue weighted by molar-refractivity contribution is 0.438. The summed E-state index contributed by atoms with van der Waals surface area (Å²) >= 11 is 3.38. The highest BCUT2D eigenvalue weighted by atomic mass is 79.9. The fourth-order valence-electron chi connectivity index (χ4n) is 1.83. The predicted octanol–water partition coefficient (Wildman–Crippen LogP) is 2.67. The molecule has 0 saturated carbocycles. The Balaban J connectivity index is 2.35. The molecule has 106 valence electrons. The highest BCUT2D eigenvalue weighted by molar-refractivity contribution is 9.10. The van der Waals surface area contributed by atoms with Crippen molar-refractivity contribution >= 4 is 15.9 Å². The first kappa shape index (κ1) is 14.7. The first-order chi connectivity index (χ1) is 9.65. The largest absolute Gasteiger partial charge is 0.434 e. The van der Waals surface area contributed by atoms with E-state index in [2.05, 4.69) is 20.9 Å². The summed E-state index contributed by atoms with van der Waals surface area (Å²) in [5, 5.41) is 0. The Hall–Kier alpha value is -1.66. The monoisotopic (exact) mass is 337 g/mol. The summed E-state index contributed by atoms with van der Waals surface area (Å²) in [6.45, 7) is 2.97. The van der Waals surface area contributed by atoms with Crippen molar-refractivity contribution in [2.45, 2.75) is 26.4 Å². The summed E-state index contributed by atoms with van der Waals surface area (Å²) in [4.78, 5) is 16.2. The number of nitrogens with zero attached hydrogens (tertiary/aromatic N) is 2. The lowest BCUT2D eigenvalue weighted by Crippen LogP contribution is -2.21. The number of halogens is 1. The summed E-state index contributed by atoms with van der Waals surface area (Å²) in [5.41, 5.74) is 6.26. The van der Waals surface area contributed by atoms with E-state index in [0.717, 1.165) is 16.5 Å². The van der Waals surface area contributed by atoms with Gasteiger partial charge in [-0.3, -0.25) is 4.79 Å². The summed E-state index contributed by atoms with van der Waals surface area (Å²) in [7, 11) is 0. The molecule has 2 aromatic rings. The summed E-state index contributed by atoms with van der Waals surface area (Å²) < 4.78 is 8.13. The van der Waals surface area contributed by atoms with Gasteiger partial charge in [-0.15, -0.1) is 0 Å². The zero-order valence-electron chi connectivity index (χ0n) is 11.2. The number of hydrogen-bond donors (Lipinski definition) is 1. The van der Waals surface area contributed by atoms with Crippen LogP contribution in [0.4, 0.5) is 0 Å². The maximum Gasteiger partial charge on any atom is 0.313 e. The van der Waals surface area contributed by atoms with E-state index in [4.69, 9.17) is 10.5 Å². The molecular weight excluding hydrogens is 322 g/mol. The van der Waals surface area contributed by atoms with Crippen LogP contribution in [0.1, 0.15) is 18.9 Å². The minimum absolute atomic E-state index is 0.0676. The number of hydrogen-bond acceptors (Lipinski definition) is 4. The molecule has 1 heterocycles. The van der Waals surface area contributed by atoms with E-state index >= 15 is 0 Å². The molecule has 0 atom stereocenters. The van der Waals surface area contributed by atoms with Gasteiger partial charge < -0.3 is 15.0 Å². The molecule has 0 radical (unpaired) electrons. The third kappa shape index (κ3) is 3.26. The van der Waals surface area contributed by atoms with E-state index in [1.54, 1.807) is 23.0 Å². The summed E-state index contributed by atoms with van der Waals surface area (Å²) in [6, 6.07) is 5.47. The summed E-state index contributed by atoms with van der Waals surface area (Å²) in [5.74, 6) is 0.618. The second kappa shape index (κ2) is 6.67. The molecule has 0 fully saturated rings. The molecule has 6 heteroatoms. The molecule has 0 spiro atoms. The van der Waals surface area contributed by atoms with Crippen molar-refractivity contribution in [1.82, 2.24) is 9.55 Å². The van der Waals surface area contributed by atoms with Crippen LogP contribution in [0, 0.1) is 0 Å². The lowest BCUT2D eigenvalue weighted by Gasteiger charge is -2.10. The SMILES string of the molecule is CCCn1ccnc(Oc2ccc(Br)cc2CN)c1=O. The van der Waals surface area contributed by atoms with Crippen LogP contribution in [0.5, 0.6) is 11.6 Å². The molecule has 0 saturated heterocycles. The minimum atomic E-state index is -0.236. The number of nitrogens with two attached hydrogens (primary N) is 1. The van der Waals surface area contributed by atoms with Crippen LogP contribution in [0.25, 0.3) is 0 Å². The van der Waals surface area contributed by atoms with E-state index in [1.165, 1.54) is 0 Å². The van der Waals surface area contributed by atoms with Crippen LogP contribution in [0.3, 0.4) is 0 Å². The van der Waals surface area contributed by atoms with Crippen molar-refractivity contribution in [1.29, 1.82) is 0 Å². The molecular formula is C14H16BrN3O2. The fraction of sp³-hybridized carbons (Fsp3) is 0.286. The quantitative estimate of drug-likeness (QED) is 0.910. The van der Waals surface area contributed by atoms with Gasteiger partial charge in [-0.25, -0.2) is 4.98 Å². The van der Waals surface area contributed by atoms with Crippen molar-refractivity contribution < 1.29 is 4.74 Å². The Morgan fingerprint density at radius 1 is 1.45 bits per heavy atom. The van der Waals surface area contributed by atoms with Gasteiger partial charge >= 0.3 is 5.56 Å². The predicted molar refractivity (Wildman–Crippen MR) is 80.9 cm³/mol. The second-order valence-electron chi connectivity index (χ2n) is 4.29. The molecule has 5 nitrogen and oxygen atoms in total. The standard InChI is InChI=1S/C14H16BrN3O2/c1-2-6-18-7-5-17-13(14(18)19)20-12-4-3-11(15)8-10(12)9-16/h3-5,7-8H,2,6,9,16H2,1H3. The Morgan fingerprint density at radius 2 is 2.25 bits per heavy atom. The van der Waals surface area contributed by atoms with Crippen LogP contribution in [-0.4, -0.2) is 9.55 Å². The smallest absolute Gasteiger partial charge is 0.313 e. The normalized spacial score (nSPS) is 10.6. The average molecular weight is 338 g/mol. The fourth-order valence-corrected chi connectivity index (χ4v) is 2.23. The third-order valence-electron chi connectivity index (χ3n) is 2.80. The Bertz CT molecular complexity index is 655. The van der Waals surface area contributed by atoms with Crippen molar-refractivity contribution in [3.63, 3.8) is 0 Å². The maximum absolute atomic E-state index is 12.2. The number of benzene rings is 1. The van der Waals surface area contributed by atoms with Gasteiger partial charge in [-0.05, 0) is 24.6 Å². The van der Waals surface area contributed by atoms with Crippen molar-refractivity contribution in [2.75, 3.05) is 0 Å². The molecule has 0 aliphatic carbocycles. The van der Waals surface area contributed by atoms with E-state index in [9.17, 15) is 4.79 Å². The van der Waals surface area contributed by atoms with Crippen LogP contribution in [0.15, 0.2) is 39.9 Å². The highest BCUT2D eigenvalue weighted by Gasteiger charge is 2.10. The molecule has 0 aliphatic rings. The van der Waals surface area contributed by atoms with E-state index < -0.39 is 0 Å². The number of aromatic nitrogens is 2. The molecule has 0 bridgehead atoms. The summed E-state index contributed by atoms with van der Waals surface area (Å²) in [6.07, 6.45) is 4.09. The molecule has 2 rings (SSSR count). The van der Waals surface area contributed by atoms with Gasteiger partial charge in [-0.2, -0.15) is 0 Å². The third-order valence-corrected chi connectivity index (χ3v) is 3.29. The van der Waals surface area contributed by atoms with E-state index in [1.807, 2.05) is 19.1 Å². The van der Waals surface area contributed by atoms with Gasteiger partial charge in [0, 0.05) is 35.5 Å². The van der Waals surface area contributed by atoms with Crippen LogP contribution in [-0.2, 0) is 13.1 Å². The van der Waals surface area contributed by atoms with Crippen molar-refractivity contribution in [2.24, 2.45) is 5.73 Å². The average Bonchev–Trinajstić information content (AvgIpc) is 2.45. The Kier molecular flexibility index (Phi) is 4.92. The molecule has 20 heavy (non-hydrogen) atoms. The van der Waals surface area contributed by atoms with Crippen molar-refractivity contribution in [3.8, 4) is 11.6 Å². The van der Waals surface area contributed by atoms with E-state index in [0.29, 0.717) is 18.8 Å². The van der Waals surface area contributed by atoms with Crippen LogP contribution in [0.2, 0.25) is 0 Å². The Labute approximate surface area is 125 Å². The zero-order chi connectivity index (χ0) is 14.5. The molecule has 2 N–H and O–H groups in total. The van der Waals surface area contributed by atoms with Gasteiger partial charge in [0.1, 0.15) is 5.75 Å².